The number of rotatable bonds is 15. The molecule has 5 nitrogen and oxygen atoms in total. The molecule has 0 aliphatic heterocycles. The average molecular weight is 388 g/mol. The minimum atomic E-state index is -4.67. The molecule has 0 fully saturated rings. The monoisotopic (exact) mass is 387 g/mol. The van der Waals surface area contributed by atoms with Crippen LogP contribution in [-0.4, -0.2) is 24.1 Å². The topological polar surface area (TPSA) is 98.4 Å². The predicted molar refractivity (Wildman–Crippen MR) is 103 cm³/mol. The molecule has 0 radical (unpaired) electrons. The number of hydrogen-bond acceptors (Lipinski definition) is 2. The molecule has 0 aromatic rings. The quantitative estimate of drug-likeness (QED) is 0.195. The first-order valence-corrected chi connectivity index (χ1v) is 10.8. The van der Waals surface area contributed by atoms with Crippen LogP contribution in [0.2, 0.25) is 0 Å². The van der Waals surface area contributed by atoms with Crippen molar-refractivity contribution in [2.75, 3.05) is 6.54 Å². The number of hydrogen-bond donors (Lipinski definition) is 2. The molecule has 0 atom stereocenters. The van der Waals surface area contributed by atoms with Gasteiger partial charge >= 0.3 is 40.0 Å². The van der Waals surface area contributed by atoms with E-state index in [9.17, 15) is 0 Å². The van der Waals surface area contributed by atoms with E-state index < -0.39 is 10.4 Å². The molecule has 0 unspecified atom stereocenters. The minimum Gasteiger partial charge on any atom is -0.677 e. The van der Waals surface area contributed by atoms with E-state index in [1.807, 2.05) is 0 Å². The fourth-order valence-corrected chi connectivity index (χ4v) is 2.37. The van der Waals surface area contributed by atoms with Crippen LogP contribution in [0.3, 0.4) is 0 Å². The predicted octanol–water partition coefficient (Wildman–Crippen LogP) is 3.43. The molecule has 25 heavy (non-hydrogen) atoms. The molecule has 0 spiro atoms. The maximum Gasteiger partial charge on any atom is 1.00 e. The van der Waals surface area contributed by atoms with Crippen molar-refractivity contribution in [3.8, 4) is 0 Å². The van der Waals surface area contributed by atoms with E-state index in [-0.39, 0.29) is 29.6 Å². The zero-order valence-electron chi connectivity index (χ0n) is 16.4. The van der Waals surface area contributed by atoms with Crippen LogP contribution >= 0.6 is 0 Å². The molecule has 0 aliphatic carbocycles. The van der Waals surface area contributed by atoms with Crippen molar-refractivity contribution >= 4 is 10.4 Å². The van der Waals surface area contributed by atoms with E-state index in [1.54, 1.807) is 0 Å². The van der Waals surface area contributed by atoms with Gasteiger partial charge in [0.15, 0.2) is 0 Å². The molecule has 0 aliphatic rings. The van der Waals surface area contributed by atoms with Crippen LogP contribution in [0, 0.1) is 0 Å². The fraction of sp³-hybridized carbons (Fsp3) is 0.889. The Hall–Kier alpha value is 0.570. The van der Waals surface area contributed by atoms with E-state index in [0.29, 0.717) is 6.54 Å². The summed E-state index contributed by atoms with van der Waals surface area (Å²) in [6.45, 7) is 2.89. The van der Waals surface area contributed by atoms with Gasteiger partial charge in [-0.25, -0.2) is 0 Å². The summed E-state index contributed by atoms with van der Waals surface area (Å²) >= 11 is 0. The van der Waals surface area contributed by atoms with Gasteiger partial charge in [-0.2, -0.15) is 15.0 Å². The van der Waals surface area contributed by atoms with Gasteiger partial charge in [0, 0.05) is 0 Å². The van der Waals surface area contributed by atoms with Crippen molar-refractivity contribution < 1.29 is 47.1 Å². The third kappa shape index (κ3) is 45.6. The Bertz CT molecular complexity index is 354. The second-order valence-electron chi connectivity index (χ2n) is 6.14. The number of nitrogens with one attached hydrogen (secondary N) is 1. The van der Waals surface area contributed by atoms with Crippen LogP contribution in [0.1, 0.15) is 96.8 Å². The van der Waals surface area contributed by atoms with Gasteiger partial charge < -0.3 is 5.73 Å². The van der Waals surface area contributed by atoms with Crippen molar-refractivity contribution in [3.05, 3.63) is 17.9 Å². The summed E-state index contributed by atoms with van der Waals surface area (Å²) in [6, 6.07) is 0. The summed E-state index contributed by atoms with van der Waals surface area (Å²) < 4.78 is 31.6. The Balaban J connectivity index is -0.000000704. The zero-order chi connectivity index (χ0) is 18.5. The van der Waals surface area contributed by atoms with Crippen molar-refractivity contribution in [3.63, 3.8) is 0 Å². The molecule has 0 rings (SSSR count). The summed E-state index contributed by atoms with van der Waals surface area (Å²) in [6.07, 6.45) is 23.5. The summed E-state index contributed by atoms with van der Waals surface area (Å²) in [4.78, 5) is 0. The second-order valence-corrected chi connectivity index (χ2v) is 7.03. The van der Waals surface area contributed by atoms with Crippen LogP contribution in [0.4, 0.5) is 0 Å². The summed E-state index contributed by atoms with van der Waals surface area (Å²) in [5, 5.41) is 0. The third-order valence-electron chi connectivity index (χ3n) is 3.69. The van der Waals surface area contributed by atoms with E-state index >= 15 is 0 Å². The first kappa shape index (κ1) is 30.3. The molecule has 0 saturated carbocycles. The van der Waals surface area contributed by atoms with Crippen molar-refractivity contribution in [2.45, 2.75) is 96.8 Å². The smallest absolute Gasteiger partial charge is 0.677 e. The third-order valence-corrected chi connectivity index (χ3v) is 3.69. The molecule has 0 amide bonds. The van der Waals surface area contributed by atoms with Crippen molar-refractivity contribution in [2.24, 2.45) is 0 Å². The van der Waals surface area contributed by atoms with E-state index in [0.717, 1.165) is 6.42 Å². The summed E-state index contributed by atoms with van der Waals surface area (Å²) in [5.41, 5.74) is 7.07. The zero-order valence-corrected chi connectivity index (χ0v) is 19.2. The molecule has 7 heteroatoms. The normalized spacial score (nSPS) is 11.0. The first-order chi connectivity index (χ1) is 11.4. The van der Waals surface area contributed by atoms with Crippen molar-refractivity contribution in [1.29, 1.82) is 0 Å². The SMILES string of the molecule is CCCCCCCCC=CCCCCCCCC[NH-].O=S(=O)(O)O.[Na+]. The van der Waals surface area contributed by atoms with Gasteiger partial charge in [0.25, 0.3) is 0 Å². The molecule has 0 bridgehead atoms. The van der Waals surface area contributed by atoms with Gasteiger partial charge in [0.05, 0.1) is 0 Å². The second kappa shape index (κ2) is 24.6. The Morgan fingerprint density at radius 1 is 0.720 bits per heavy atom. The minimum absolute atomic E-state index is 0. The van der Waals surface area contributed by atoms with Gasteiger partial charge in [0.2, 0.25) is 0 Å². The molecule has 146 valence electrons. The van der Waals surface area contributed by atoms with E-state index in [1.165, 1.54) is 83.5 Å². The van der Waals surface area contributed by atoms with Crippen molar-refractivity contribution in [1.82, 2.24) is 0 Å². The first-order valence-electron chi connectivity index (χ1n) is 9.41. The molecular weight excluding hydrogens is 349 g/mol. The van der Waals surface area contributed by atoms with Gasteiger partial charge in [0.1, 0.15) is 0 Å². The number of unbranched alkanes of at least 4 members (excludes halogenated alkanes) is 12. The average Bonchev–Trinajstić information content (AvgIpc) is 2.49. The molecule has 0 aromatic carbocycles. The molecule has 0 aromatic heterocycles. The Morgan fingerprint density at radius 2 is 1.04 bits per heavy atom. The van der Waals surface area contributed by atoms with Crippen LogP contribution in [0.15, 0.2) is 12.2 Å². The van der Waals surface area contributed by atoms with Crippen LogP contribution in [0.5, 0.6) is 0 Å². The molecule has 3 N–H and O–H groups in total. The summed E-state index contributed by atoms with van der Waals surface area (Å²) in [5.74, 6) is 0. The summed E-state index contributed by atoms with van der Waals surface area (Å²) in [7, 11) is -4.67. The maximum absolute atomic E-state index is 8.74. The number of allylic oxidation sites excluding steroid dienone is 2. The molecule has 0 heterocycles. The standard InChI is InChI=1S/C18H36N.Na.H2O4S/c1-2-3-4-5-6-7-8-9-10-11-12-13-14-15-16-17-18-19;;1-5(2,3)4/h9-10,19H,2-8,11-18H2,1H3;;(H2,1,2,3,4)/q-1;+1;. The van der Waals surface area contributed by atoms with E-state index in [2.05, 4.69) is 19.1 Å². The molecular formula is C18H38NNaO4S. The van der Waals surface area contributed by atoms with E-state index in [4.69, 9.17) is 23.3 Å². The van der Waals surface area contributed by atoms with Gasteiger partial charge in [-0.3, -0.25) is 9.11 Å². The Kier molecular flexibility index (Phi) is 29.8. The Morgan fingerprint density at radius 3 is 1.40 bits per heavy atom. The largest absolute Gasteiger partial charge is 1.00 e. The van der Waals surface area contributed by atoms with Crippen LogP contribution in [0.25, 0.3) is 5.73 Å². The fourth-order valence-electron chi connectivity index (χ4n) is 2.37. The van der Waals surface area contributed by atoms with Gasteiger partial charge in [-0.15, -0.1) is 0 Å². The van der Waals surface area contributed by atoms with Gasteiger partial charge in [-0.1, -0.05) is 83.3 Å². The van der Waals surface area contributed by atoms with Gasteiger partial charge in [-0.05, 0) is 25.7 Å². The van der Waals surface area contributed by atoms with Crippen LogP contribution in [-0.2, 0) is 10.4 Å². The van der Waals surface area contributed by atoms with Crippen LogP contribution < -0.4 is 29.6 Å². The Labute approximate surface area is 178 Å². The maximum atomic E-state index is 8.74. The molecule has 0 saturated heterocycles.